The van der Waals surface area contributed by atoms with Crippen LogP contribution in [-0.4, -0.2) is 12.2 Å². The van der Waals surface area contributed by atoms with Crippen molar-refractivity contribution in [2.24, 2.45) is 0 Å². The Hall–Kier alpha value is -1.87. The van der Waals surface area contributed by atoms with Crippen LogP contribution in [-0.2, 0) is 13.0 Å². The average molecular weight is 260 g/mol. The Labute approximate surface area is 112 Å². The van der Waals surface area contributed by atoms with Crippen molar-refractivity contribution in [2.45, 2.75) is 20.0 Å². The van der Waals surface area contributed by atoms with Crippen molar-refractivity contribution in [1.29, 1.82) is 0 Å². The molecule has 0 heterocycles. The molecule has 0 saturated carbocycles. The first-order valence-corrected chi connectivity index (χ1v) is 6.26. The first-order chi connectivity index (χ1) is 9.19. The molecule has 0 aliphatic heterocycles. The number of aliphatic hydroxyl groups is 1. The highest BCUT2D eigenvalue weighted by Crippen LogP contribution is 2.30. The number of aryl methyl sites for hydroxylation is 1. The first kappa shape index (κ1) is 13.6. The molecular weight excluding hydrogens is 243 g/mol. The van der Waals surface area contributed by atoms with E-state index in [0.29, 0.717) is 11.3 Å². The molecule has 2 rings (SSSR count). The number of halogens is 1. The van der Waals surface area contributed by atoms with E-state index in [2.05, 4.69) is 0 Å². The molecule has 0 aliphatic rings. The summed E-state index contributed by atoms with van der Waals surface area (Å²) in [7, 11) is 1.56. The van der Waals surface area contributed by atoms with E-state index in [9.17, 15) is 4.39 Å². The van der Waals surface area contributed by atoms with Crippen LogP contribution in [0.5, 0.6) is 5.75 Å². The van der Waals surface area contributed by atoms with E-state index in [1.165, 1.54) is 6.07 Å². The Morgan fingerprint density at radius 2 is 1.89 bits per heavy atom. The van der Waals surface area contributed by atoms with Gasteiger partial charge in [-0.15, -0.1) is 0 Å². The van der Waals surface area contributed by atoms with Gasteiger partial charge in [-0.25, -0.2) is 4.39 Å². The first-order valence-electron chi connectivity index (χ1n) is 6.26. The zero-order chi connectivity index (χ0) is 13.8. The third kappa shape index (κ3) is 2.76. The Balaban J connectivity index is 2.57. The van der Waals surface area contributed by atoms with E-state index in [0.717, 1.165) is 23.1 Å². The highest BCUT2D eigenvalue weighted by atomic mass is 19.1. The molecular formula is C16H17FO2. The fourth-order valence-electron chi connectivity index (χ4n) is 2.14. The molecule has 2 aromatic rings. The van der Waals surface area contributed by atoms with E-state index in [1.807, 2.05) is 25.1 Å². The number of hydrogen-bond donors (Lipinski definition) is 1. The quantitative estimate of drug-likeness (QED) is 0.910. The average Bonchev–Trinajstić information content (AvgIpc) is 2.47. The summed E-state index contributed by atoms with van der Waals surface area (Å²) in [5.41, 5.74) is 3.22. The zero-order valence-corrected chi connectivity index (χ0v) is 11.1. The summed E-state index contributed by atoms with van der Waals surface area (Å²) in [6, 6.07) is 10.3. The van der Waals surface area contributed by atoms with Crippen LogP contribution in [0.3, 0.4) is 0 Å². The predicted octanol–water partition coefficient (Wildman–Crippen LogP) is 3.56. The molecule has 2 aromatic carbocycles. The molecule has 0 amide bonds. The molecule has 0 radical (unpaired) electrons. The predicted molar refractivity (Wildman–Crippen MR) is 73.7 cm³/mol. The van der Waals surface area contributed by atoms with Crippen LogP contribution in [0, 0.1) is 5.82 Å². The molecule has 0 aromatic heterocycles. The second-order valence-corrected chi connectivity index (χ2v) is 4.35. The van der Waals surface area contributed by atoms with Crippen LogP contribution < -0.4 is 4.74 Å². The summed E-state index contributed by atoms with van der Waals surface area (Å²) < 4.78 is 19.1. The SMILES string of the molecule is CCc1cc(CO)ccc1-c1cc(OC)ccc1F. The molecule has 0 spiro atoms. The molecule has 0 saturated heterocycles. The Morgan fingerprint density at radius 3 is 2.53 bits per heavy atom. The smallest absolute Gasteiger partial charge is 0.131 e. The number of aliphatic hydroxyl groups excluding tert-OH is 1. The lowest BCUT2D eigenvalue weighted by Gasteiger charge is -2.12. The lowest BCUT2D eigenvalue weighted by Crippen LogP contribution is -1.94. The van der Waals surface area contributed by atoms with Gasteiger partial charge in [0.2, 0.25) is 0 Å². The van der Waals surface area contributed by atoms with Gasteiger partial charge in [0.1, 0.15) is 11.6 Å². The second kappa shape index (κ2) is 5.85. The highest BCUT2D eigenvalue weighted by molar-refractivity contribution is 5.70. The third-order valence-electron chi connectivity index (χ3n) is 3.20. The van der Waals surface area contributed by atoms with Crippen LogP contribution in [0.15, 0.2) is 36.4 Å². The van der Waals surface area contributed by atoms with Gasteiger partial charge in [-0.05, 0) is 41.3 Å². The van der Waals surface area contributed by atoms with E-state index >= 15 is 0 Å². The lowest BCUT2D eigenvalue weighted by atomic mass is 9.95. The molecule has 19 heavy (non-hydrogen) atoms. The van der Waals surface area contributed by atoms with Crippen LogP contribution in [0.2, 0.25) is 0 Å². The number of ether oxygens (including phenoxy) is 1. The maximum Gasteiger partial charge on any atom is 0.131 e. The molecule has 0 unspecified atom stereocenters. The molecule has 1 N–H and O–H groups in total. The Bertz CT molecular complexity index is 579. The largest absolute Gasteiger partial charge is 0.497 e. The maximum absolute atomic E-state index is 14.0. The second-order valence-electron chi connectivity index (χ2n) is 4.35. The zero-order valence-electron chi connectivity index (χ0n) is 11.1. The number of rotatable bonds is 4. The third-order valence-corrected chi connectivity index (χ3v) is 3.20. The normalized spacial score (nSPS) is 10.5. The molecule has 0 bridgehead atoms. The fourth-order valence-corrected chi connectivity index (χ4v) is 2.14. The molecule has 2 nitrogen and oxygen atoms in total. The lowest BCUT2D eigenvalue weighted by molar-refractivity contribution is 0.282. The van der Waals surface area contributed by atoms with Crippen molar-refractivity contribution in [3.63, 3.8) is 0 Å². The van der Waals surface area contributed by atoms with E-state index in [1.54, 1.807) is 19.2 Å². The van der Waals surface area contributed by atoms with Crippen molar-refractivity contribution in [2.75, 3.05) is 7.11 Å². The summed E-state index contributed by atoms with van der Waals surface area (Å²) in [5, 5.41) is 9.16. The summed E-state index contributed by atoms with van der Waals surface area (Å²) in [5.74, 6) is 0.358. The van der Waals surface area contributed by atoms with Crippen molar-refractivity contribution in [3.05, 3.63) is 53.3 Å². The van der Waals surface area contributed by atoms with Gasteiger partial charge in [-0.2, -0.15) is 0 Å². The number of hydrogen-bond acceptors (Lipinski definition) is 2. The summed E-state index contributed by atoms with van der Waals surface area (Å²) in [6.45, 7) is 2.01. The molecule has 0 atom stereocenters. The molecule has 3 heteroatoms. The molecule has 100 valence electrons. The topological polar surface area (TPSA) is 29.5 Å². The monoisotopic (exact) mass is 260 g/mol. The minimum absolute atomic E-state index is 0.00608. The van der Waals surface area contributed by atoms with Crippen LogP contribution >= 0.6 is 0 Å². The van der Waals surface area contributed by atoms with Gasteiger partial charge in [0.05, 0.1) is 13.7 Å². The van der Waals surface area contributed by atoms with E-state index in [-0.39, 0.29) is 12.4 Å². The summed E-state index contributed by atoms with van der Waals surface area (Å²) in [6.07, 6.45) is 0.778. The Morgan fingerprint density at radius 1 is 1.11 bits per heavy atom. The van der Waals surface area contributed by atoms with Crippen molar-refractivity contribution >= 4 is 0 Å². The minimum Gasteiger partial charge on any atom is -0.497 e. The van der Waals surface area contributed by atoms with Gasteiger partial charge < -0.3 is 9.84 Å². The molecule has 0 aliphatic carbocycles. The van der Waals surface area contributed by atoms with Crippen LogP contribution in [0.4, 0.5) is 4.39 Å². The van der Waals surface area contributed by atoms with Gasteiger partial charge in [0.15, 0.2) is 0 Å². The van der Waals surface area contributed by atoms with Crippen LogP contribution in [0.1, 0.15) is 18.1 Å². The van der Waals surface area contributed by atoms with Crippen LogP contribution in [0.25, 0.3) is 11.1 Å². The van der Waals surface area contributed by atoms with Gasteiger partial charge in [0, 0.05) is 5.56 Å². The Kier molecular flexibility index (Phi) is 4.17. The summed E-state index contributed by atoms with van der Waals surface area (Å²) >= 11 is 0. The van der Waals surface area contributed by atoms with E-state index < -0.39 is 0 Å². The number of methoxy groups -OCH3 is 1. The van der Waals surface area contributed by atoms with Gasteiger partial charge in [-0.3, -0.25) is 0 Å². The molecule has 0 fully saturated rings. The van der Waals surface area contributed by atoms with Crippen molar-refractivity contribution in [1.82, 2.24) is 0 Å². The highest BCUT2D eigenvalue weighted by Gasteiger charge is 2.11. The fraction of sp³-hybridized carbons (Fsp3) is 0.250. The van der Waals surface area contributed by atoms with Gasteiger partial charge in [-0.1, -0.05) is 25.1 Å². The van der Waals surface area contributed by atoms with Crippen molar-refractivity contribution < 1.29 is 14.2 Å². The van der Waals surface area contributed by atoms with Gasteiger partial charge >= 0.3 is 0 Å². The van der Waals surface area contributed by atoms with E-state index in [4.69, 9.17) is 9.84 Å². The summed E-state index contributed by atoms with van der Waals surface area (Å²) in [4.78, 5) is 0. The number of benzene rings is 2. The maximum atomic E-state index is 14.0. The van der Waals surface area contributed by atoms with Gasteiger partial charge in [0.25, 0.3) is 0 Å². The standard InChI is InChI=1S/C16H17FO2/c1-3-12-8-11(10-18)4-6-14(12)15-9-13(19-2)5-7-16(15)17/h4-9,18H,3,10H2,1-2H3. The van der Waals surface area contributed by atoms with Crippen molar-refractivity contribution in [3.8, 4) is 16.9 Å². The minimum atomic E-state index is -0.271.